The lowest BCUT2D eigenvalue weighted by Gasteiger charge is -2.26. The normalized spacial score (nSPS) is 15.9. The van der Waals surface area contributed by atoms with Gasteiger partial charge in [-0.2, -0.15) is 0 Å². The van der Waals surface area contributed by atoms with Crippen molar-refractivity contribution >= 4 is 23.2 Å². The van der Waals surface area contributed by atoms with Gasteiger partial charge >= 0.3 is 0 Å². The third kappa shape index (κ3) is 5.63. The molecule has 1 amide bonds. The predicted molar refractivity (Wildman–Crippen MR) is 84.9 cm³/mol. The highest BCUT2D eigenvalue weighted by atomic mass is 35.5. The van der Waals surface area contributed by atoms with E-state index < -0.39 is 0 Å². The summed E-state index contributed by atoms with van der Waals surface area (Å²) in [4.78, 5) is 14.2. The lowest BCUT2D eigenvalue weighted by molar-refractivity contribution is -0.115. The van der Waals surface area contributed by atoms with E-state index in [0.29, 0.717) is 11.6 Å². The van der Waals surface area contributed by atoms with Crippen molar-refractivity contribution in [1.29, 1.82) is 0 Å². The number of nitrogens with zero attached hydrogens (tertiary/aromatic N) is 1. The van der Waals surface area contributed by atoms with Gasteiger partial charge in [0.1, 0.15) is 0 Å². The van der Waals surface area contributed by atoms with Crippen molar-refractivity contribution in [2.75, 3.05) is 51.3 Å². The molecule has 0 unspecified atom stereocenters. The van der Waals surface area contributed by atoms with Crippen LogP contribution in [0.5, 0.6) is 0 Å². The number of hydrogen-bond acceptors (Lipinski definition) is 4. The fourth-order valence-electron chi connectivity index (χ4n) is 2.19. The molecule has 5 nitrogen and oxygen atoms in total. The number of ether oxygens (including phenoxy) is 1. The summed E-state index contributed by atoms with van der Waals surface area (Å²) in [7, 11) is 0. The molecule has 0 bridgehead atoms. The minimum absolute atomic E-state index is 0.0534. The van der Waals surface area contributed by atoms with Crippen LogP contribution in [0.25, 0.3) is 0 Å². The summed E-state index contributed by atoms with van der Waals surface area (Å²) in [5, 5.41) is 6.65. The van der Waals surface area contributed by atoms with Gasteiger partial charge in [-0.1, -0.05) is 17.7 Å². The number of aryl methyl sites for hydroxylation is 1. The first-order chi connectivity index (χ1) is 10.1. The number of rotatable bonds is 6. The molecule has 1 heterocycles. The van der Waals surface area contributed by atoms with E-state index >= 15 is 0 Å². The van der Waals surface area contributed by atoms with E-state index in [0.717, 1.165) is 50.6 Å². The smallest absolute Gasteiger partial charge is 0.238 e. The molecule has 0 aliphatic carbocycles. The van der Waals surface area contributed by atoms with E-state index in [1.165, 1.54) is 0 Å². The predicted octanol–water partition coefficient (Wildman–Crippen LogP) is 1.51. The quantitative estimate of drug-likeness (QED) is 0.782. The largest absolute Gasteiger partial charge is 0.379 e. The van der Waals surface area contributed by atoms with Gasteiger partial charge in [-0.3, -0.25) is 9.69 Å². The number of halogens is 1. The Balaban J connectivity index is 1.66. The van der Waals surface area contributed by atoms with Crippen molar-refractivity contribution in [3.8, 4) is 0 Å². The highest BCUT2D eigenvalue weighted by Gasteiger charge is 2.10. The Morgan fingerprint density at radius 3 is 2.90 bits per heavy atom. The average Bonchev–Trinajstić information content (AvgIpc) is 2.48. The molecule has 21 heavy (non-hydrogen) atoms. The SMILES string of the molecule is Cc1ccc(Cl)cc1NC(=O)CNCCN1CCOCC1. The van der Waals surface area contributed by atoms with Crippen molar-refractivity contribution in [3.05, 3.63) is 28.8 Å². The van der Waals surface area contributed by atoms with E-state index in [1.807, 2.05) is 19.1 Å². The van der Waals surface area contributed by atoms with Crippen molar-refractivity contribution in [1.82, 2.24) is 10.2 Å². The van der Waals surface area contributed by atoms with Crippen molar-refractivity contribution in [3.63, 3.8) is 0 Å². The minimum atomic E-state index is -0.0534. The lowest BCUT2D eigenvalue weighted by Crippen LogP contribution is -2.41. The Bertz CT molecular complexity index is 476. The van der Waals surface area contributed by atoms with E-state index in [1.54, 1.807) is 6.07 Å². The highest BCUT2D eigenvalue weighted by Crippen LogP contribution is 2.19. The number of benzene rings is 1. The van der Waals surface area contributed by atoms with Crippen LogP contribution in [0.2, 0.25) is 5.02 Å². The third-order valence-corrected chi connectivity index (χ3v) is 3.70. The molecule has 1 saturated heterocycles. The Morgan fingerprint density at radius 1 is 1.38 bits per heavy atom. The maximum atomic E-state index is 11.9. The maximum absolute atomic E-state index is 11.9. The summed E-state index contributed by atoms with van der Waals surface area (Å²) in [5.74, 6) is -0.0534. The molecule has 0 atom stereocenters. The summed E-state index contributed by atoms with van der Waals surface area (Å²) in [6.45, 7) is 7.51. The summed E-state index contributed by atoms with van der Waals surface area (Å²) < 4.78 is 5.29. The summed E-state index contributed by atoms with van der Waals surface area (Å²) in [5.41, 5.74) is 1.77. The van der Waals surface area contributed by atoms with Gasteiger partial charge in [-0.15, -0.1) is 0 Å². The van der Waals surface area contributed by atoms with Gasteiger partial charge in [0.05, 0.1) is 19.8 Å². The highest BCUT2D eigenvalue weighted by molar-refractivity contribution is 6.31. The number of carbonyl (C=O) groups is 1. The van der Waals surface area contributed by atoms with Crippen LogP contribution in [0.3, 0.4) is 0 Å². The zero-order valence-electron chi connectivity index (χ0n) is 12.3. The number of morpholine rings is 1. The van der Waals surface area contributed by atoms with E-state index in [2.05, 4.69) is 15.5 Å². The fourth-order valence-corrected chi connectivity index (χ4v) is 2.36. The Hall–Kier alpha value is -1.14. The summed E-state index contributed by atoms with van der Waals surface area (Å²) in [6, 6.07) is 5.47. The zero-order valence-corrected chi connectivity index (χ0v) is 13.1. The topological polar surface area (TPSA) is 53.6 Å². The molecular formula is C15H22ClN3O2. The van der Waals surface area contributed by atoms with Crippen LogP contribution in [0.4, 0.5) is 5.69 Å². The van der Waals surface area contributed by atoms with Gasteiger partial charge in [0, 0.05) is 36.9 Å². The Labute approximate surface area is 130 Å². The molecule has 1 aromatic rings. The second-order valence-electron chi connectivity index (χ2n) is 5.14. The molecule has 1 fully saturated rings. The molecule has 2 rings (SSSR count). The number of amides is 1. The van der Waals surface area contributed by atoms with Gasteiger partial charge in [-0.25, -0.2) is 0 Å². The molecule has 6 heteroatoms. The van der Waals surface area contributed by atoms with Gasteiger partial charge < -0.3 is 15.4 Å². The van der Waals surface area contributed by atoms with Crippen LogP contribution in [0.1, 0.15) is 5.56 Å². The first-order valence-corrected chi connectivity index (χ1v) is 7.60. The average molecular weight is 312 g/mol. The van der Waals surface area contributed by atoms with E-state index in [4.69, 9.17) is 16.3 Å². The van der Waals surface area contributed by atoms with Gasteiger partial charge in [-0.05, 0) is 24.6 Å². The van der Waals surface area contributed by atoms with Crippen LogP contribution in [0, 0.1) is 6.92 Å². The Morgan fingerprint density at radius 2 is 2.14 bits per heavy atom. The molecule has 2 N–H and O–H groups in total. The van der Waals surface area contributed by atoms with E-state index in [-0.39, 0.29) is 5.91 Å². The number of hydrogen-bond donors (Lipinski definition) is 2. The van der Waals surface area contributed by atoms with Crippen molar-refractivity contribution in [2.45, 2.75) is 6.92 Å². The zero-order chi connectivity index (χ0) is 15.1. The maximum Gasteiger partial charge on any atom is 0.238 e. The van der Waals surface area contributed by atoms with Crippen LogP contribution >= 0.6 is 11.6 Å². The minimum Gasteiger partial charge on any atom is -0.379 e. The summed E-state index contributed by atoms with van der Waals surface area (Å²) in [6.07, 6.45) is 0. The van der Waals surface area contributed by atoms with Crippen LogP contribution in [-0.4, -0.2) is 56.7 Å². The molecule has 0 radical (unpaired) electrons. The first-order valence-electron chi connectivity index (χ1n) is 7.22. The Kier molecular flexibility index (Phi) is 6.45. The van der Waals surface area contributed by atoms with E-state index in [9.17, 15) is 4.79 Å². The van der Waals surface area contributed by atoms with Crippen molar-refractivity contribution < 1.29 is 9.53 Å². The number of carbonyl (C=O) groups excluding carboxylic acids is 1. The van der Waals surface area contributed by atoms with Crippen LogP contribution < -0.4 is 10.6 Å². The molecule has 1 aliphatic heterocycles. The standard InChI is InChI=1S/C15H22ClN3O2/c1-12-2-3-13(16)10-14(12)18-15(20)11-17-4-5-19-6-8-21-9-7-19/h2-3,10,17H,4-9,11H2,1H3,(H,18,20). The lowest BCUT2D eigenvalue weighted by atomic mass is 10.2. The number of anilines is 1. The van der Waals surface area contributed by atoms with Gasteiger partial charge in [0.2, 0.25) is 5.91 Å². The second-order valence-corrected chi connectivity index (χ2v) is 5.57. The van der Waals surface area contributed by atoms with Crippen LogP contribution in [-0.2, 0) is 9.53 Å². The monoisotopic (exact) mass is 311 g/mol. The number of nitrogens with one attached hydrogen (secondary N) is 2. The molecule has 0 spiro atoms. The van der Waals surface area contributed by atoms with Crippen molar-refractivity contribution in [2.24, 2.45) is 0 Å². The molecular weight excluding hydrogens is 290 g/mol. The second kappa shape index (κ2) is 8.34. The third-order valence-electron chi connectivity index (χ3n) is 3.47. The molecule has 116 valence electrons. The van der Waals surface area contributed by atoms with Gasteiger partial charge in [0.25, 0.3) is 0 Å². The fraction of sp³-hybridized carbons (Fsp3) is 0.533. The first kappa shape index (κ1) is 16.2. The van der Waals surface area contributed by atoms with Gasteiger partial charge in [0.15, 0.2) is 0 Å². The molecule has 0 saturated carbocycles. The van der Waals surface area contributed by atoms with Crippen LogP contribution in [0.15, 0.2) is 18.2 Å². The molecule has 1 aromatic carbocycles. The summed E-state index contributed by atoms with van der Waals surface area (Å²) >= 11 is 5.93. The molecule has 0 aromatic heterocycles. The molecule has 1 aliphatic rings.